The number of primary amides is 1. The van der Waals surface area contributed by atoms with Crippen LogP contribution in [0.15, 0.2) is 47.6 Å². The first-order chi connectivity index (χ1) is 15.0. The molecule has 31 heavy (non-hydrogen) atoms. The Morgan fingerprint density at radius 1 is 1.32 bits per heavy atom. The maximum Gasteiger partial charge on any atom is 0.222 e. The van der Waals surface area contributed by atoms with Gasteiger partial charge in [-0.25, -0.2) is 4.98 Å². The monoisotopic (exact) mass is 424 g/mol. The third-order valence-electron chi connectivity index (χ3n) is 5.60. The van der Waals surface area contributed by atoms with Crippen LogP contribution in [-0.2, 0) is 17.9 Å². The quantitative estimate of drug-likeness (QED) is 0.521. The largest absolute Gasteiger partial charge is 0.496 e. The second-order valence-corrected chi connectivity index (χ2v) is 7.74. The summed E-state index contributed by atoms with van der Waals surface area (Å²) in [5, 5.41) is 3.43. The molecule has 1 aromatic carbocycles. The highest BCUT2D eigenvalue weighted by atomic mass is 16.5. The van der Waals surface area contributed by atoms with Crippen LogP contribution in [0.25, 0.3) is 0 Å². The number of hydrogen-bond acceptors (Lipinski definition) is 5. The number of anilines is 1. The molecule has 1 aromatic heterocycles. The first-order valence-electron chi connectivity index (χ1n) is 10.5. The Hall–Kier alpha value is -3.29. The summed E-state index contributed by atoms with van der Waals surface area (Å²) >= 11 is 0. The first kappa shape index (κ1) is 22.4. The fraction of sp³-hybridized carbons (Fsp3) is 0.435. The highest BCUT2D eigenvalue weighted by Crippen LogP contribution is 2.24. The van der Waals surface area contributed by atoms with Crippen molar-refractivity contribution in [3.05, 3.63) is 53.7 Å². The normalized spacial score (nSPS) is 16.7. The van der Waals surface area contributed by atoms with Gasteiger partial charge in [0, 0.05) is 57.6 Å². The summed E-state index contributed by atoms with van der Waals surface area (Å²) in [7, 11) is 5.44. The van der Waals surface area contributed by atoms with Gasteiger partial charge in [-0.3, -0.25) is 9.79 Å². The summed E-state index contributed by atoms with van der Waals surface area (Å²) in [5.74, 6) is 2.15. The Kier molecular flexibility index (Phi) is 7.70. The molecule has 8 heteroatoms. The molecule has 166 valence electrons. The van der Waals surface area contributed by atoms with Gasteiger partial charge in [0.05, 0.1) is 13.0 Å². The third kappa shape index (κ3) is 5.65. The van der Waals surface area contributed by atoms with Gasteiger partial charge in [-0.05, 0) is 25.0 Å². The van der Waals surface area contributed by atoms with E-state index in [0.717, 1.165) is 48.0 Å². The number of rotatable bonds is 7. The minimum absolute atomic E-state index is 0.128. The van der Waals surface area contributed by atoms with E-state index in [1.807, 2.05) is 37.4 Å². The lowest BCUT2D eigenvalue weighted by atomic mass is 9.97. The number of aliphatic imine (C=N–C) groups is 1. The molecule has 1 aliphatic heterocycles. The molecular formula is C23H32N6O2. The van der Waals surface area contributed by atoms with Gasteiger partial charge in [0.2, 0.25) is 5.91 Å². The van der Waals surface area contributed by atoms with Gasteiger partial charge in [-0.15, -0.1) is 0 Å². The molecule has 1 unspecified atom stereocenters. The molecule has 0 saturated carbocycles. The van der Waals surface area contributed by atoms with Crippen molar-refractivity contribution in [1.82, 2.24) is 15.2 Å². The Labute approximate surface area is 184 Å². The first-order valence-corrected chi connectivity index (χ1v) is 10.5. The maximum absolute atomic E-state index is 11.7. The van der Waals surface area contributed by atoms with E-state index in [9.17, 15) is 4.79 Å². The van der Waals surface area contributed by atoms with Crippen LogP contribution in [0.1, 0.15) is 24.0 Å². The molecule has 0 bridgehead atoms. The molecule has 1 fully saturated rings. The minimum Gasteiger partial charge on any atom is -0.496 e. The molecule has 0 aliphatic carbocycles. The van der Waals surface area contributed by atoms with Gasteiger partial charge in [0.15, 0.2) is 5.96 Å². The van der Waals surface area contributed by atoms with Crippen LogP contribution in [-0.4, -0.2) is 56.0 Å². The number of piperidine rings is 1. The van der Waals surface area contributed by atoms with Crippen LogP contribution in [0.2, 0.25) is 0 Å². The number of hydrogen-bond donors (Lipinski definition) is 2. The van der Waals surface area contributed by atoms with Gasteiger partial charge in [-0.1, -0.05) is 24.3 Å². The van der Waals surface area contributed by atoms with Crippen LogP contribution in [0.3, 0.4) is 0 Å². The van der Waals surface area contributed by atoms with Crippen molar-refractivity contribution >= 4 is 17.7 Å². The molecule has 2 heterocycles. The second kappa shape index (κ2) is 10.7. The third-order valence-corrected chi connectivity index (χ3v) is 5.60. The molecule has 1 atom stereocenters. The highest BCUT2D eigenvalue weighted by molar-refractivity contribution is 5.80. The van der Waals surface area contributed by atoms with Crippen molar-refractivity contribution in [1.29, 1.82) is 0 Å². The van der Waals surface area contributed by atoms with Crippen LogP contribution in [0.4, 0.5) is 5.82 Å². The smallest absolute Gasteiger partial charge is 0.222 e. The predicted molar refractivity (Wildman–Crippen MR) is 123 cm³/mol. The summed E-state index contributed by atoms with van der Waals surface area (Å²) in [6.45, 7) is 2.72. The van der Waals surface area contributed by atoms with Crippen molar-refractivity contribution in [2.75, 3.05) is 39.2 Å². The molecule has 0 radical (unpaired) electrons. The van der Waals surface area contributed by atoms with Gasteiger partial charge in [-0.2, -0.15) is 0 Å². The van der Waals surface area contributed by atoms with Crippen molar-refractivity contribution < 1.29 is 9.53 Å². The molecule has 1 aliphatic rings. The number of benzene rings is 1. The van der Waals surface area contributed by atoms with Crippen LogP contribution in [0, 0.1) is 5.92 Å². The summed E-state index contributed by atoms with van der Waals surface area (Å²) < 4.78 is 5.46. The number of guanidine groups is 1. The number of amides is 1. The summed E-state index contributed by atoms with van der Waals surface area (Å²) in [5.41, 5.74) is 7.69. The lowest BCUT2D eigenvalue weighted by Crippen LogP contribution is -2.42. The minimum atomic E-state index is -0.237. The predicted octanol–water partition coefficient (Wildman–Crippen LogP) is 2.00. The molecule has 1 amide bonds. The fourth-order valence-electron chi connectivity index (χ4n) is 3.98. The van der Waals surface area contributed by atoms with Crippen molar-refractivity contribution in [2.45, 2.75) is 25.9 Å². The van der Waals surface area contributed by atoms with E-state index in [4.69, 9.17) is 10.5 Å². The maximum atomic E-state index is 11.7. The van der Waals surface area contributed by atoms with Gasteiger partial charge >= 0.3 is 0 Å². The lowest BCUT2D eigenvalue weighted by molar-refractivity contribution is -0.122. The Morgan fingerprint density at radius 3 is 2.84 bits per heavy atom. The van der Waals surface area contributed by atoms with Crippen LogP contribution in [0.5, 0.6) is 5.75 Å². The zero-order valence-electron chi connectivity index (χ0n) is 18.5. The topological polar surface area (TPSA) is 96.1 Å². The van der Waals surface area contributed by atoms with E-state index in [1.165, 1.54) is 0 Å². The molecule has 3 rings (SSSR count). The highest BCUT2D eigenvalue weighted by Gasteiger charge is 2.26. The van der Waals surface area contributed by atoms with E-state index in [1.54, 1.807) is 20.4 Å². The number of carbonyl (C=O) groups is 1. The summed E-state index contributed by atoms with van der Waals surface area (Å²) in [4.78, 5) is 24.9. The lowest BCUT2D eigenvalue weighted by Gasteiger charge is -2.33. The van der Waals surface area contributed by atoms with Gasteiger partial charge in [0.25, 0.3) is 0 Å². The number of para-hydroxylation sites is 1. The van der Waals surface area contributed by atoms with Crippen molar-refractivity contribution in [3.8, 4) is 5.75 Å². The molecular weight excluding hydrogens is 392 g/mol. The second-order valence-electron chi connectivity index (χ2n) is 7.74. The molecule has 8 nitrogen and oxygen atoms in total. The van der Waals surface area contributed by atoms with E-state index in [2.05, 4.69) is 31.2 Å². The van der Waals surface area contributed by atoms with Crippen molar-refractivity contribution in [3.63, 3.8) is 0 Å². The molecule has 1 saturated heterocycles. The van der Waals surface area contributed by atoms with Gasteiger partial charge in [0.1, 0.15) is 11.6 Å². The number of nitrogens with zero attached hydrogens (tertiary/aromatic N) is 4. The Bertz CT molecular complexity index is 916. The zero-order valence-corrected chi connectivity index (χ0v) is 18.5. The summed E-state index contributed by atoms with van der Waals surface area (Å²) in [6.07, 6.45) is 3.56. The van der Waals surface area contributed by atoms with Crippen LogP contribution < -0.4 is 20.7 Å². The van der Waals surface area contributed by atoms with Gasteiger partial charge < -0.3 is 25.6 Å². The molecule has 0 spiro atoms. The number of carbonyl (C=O) groups excluding carboxylic acids is 1. The Morgan fingerprint density at radius 2 is 2.10 bits per heavy atom. The molecule has 3 N–H and O–H groups in total. The number of pyridine rings is 1. The standard InChI is InChI=1S/C23H32N6O2/c1-25-23(28(2)15-18-8-4-5-11-20(18)31-3)27-14-17-9-6-12-26-22(17)29-13-7-10-19(16-29)21(24)30/h4-6,8-9,11-12,19H,7,10,13-16H2,1-3H3,(H2,24,30)(H,25,27). The average Bonchev–Trinajstić information content (AvgIpc) is 2.80. The van der Waals surface area contributed by atoms with Crippen LogP contribution >= 0.6 is 0 Å². The number of methoxy groups -OCH3 is 1. The van der Waals surface area contributed by atoms with E-state index >= 15 is 0 Å². The summed E-state index contributed by atoms with van der Waals surface area (Å²) in [6, 6.07) is 11.9. The number of nitrogens with two attached hydrogens (primary N) is 1. The fourth-order valence-corrected chi connectivity index (χ4v) is 3.98. The number of nitrogens with one attached hydrogen (secondary N) is 1. The van der Waals surface area contributed by atoms with E-state index < -0.39 is 0 Å². The van der Waals surface area contributed by atoms with E-state index in [0.29, 0.717) is 19.6 Å². The number of ether oxygens (including phenoxy) is 1. The zero-order chi connectivity index (χ0) is 22.2. The van der Waals surface area contributed by atoms with Crippen molar-refractivity contribution in [2.24, 2.45) is 16.6 Å². The molecule has 2 aromatic rings. The van der Waals surface area contributed by atoms with E-state index in [-0.39, 0.29) is 11.8 Å². The Balaban J connectivity index is 1.68. The number of aromatic nitrogens is 1. The average molecular weight is 425 g/mol. The SMILES string of the molecule is CN=C(NCc1cccnc1N1CCCC(C(N)=O)C1)N(C)Cc1ccccc1OC.